The molecule has 0 radical (unpaired) electrons. The van der Waals surface area contributed by atoms with Crippen LogP contribution in [0.25, 0.3) is 21.3 Å². The average Bonchev–Trinajstić information content (AvgIpc) is 3.39. The Morgan fingerprint density at radius 2 is 1.84 bits per heavy atom. The lowest BCUT2D eigenvalue weighted by Gasteiger charge is -2.08. The predicted octanol–water partition coefficient (Wildman–Crippen LogP) is 5.87. The Balaban J connectivity index is 1.43. The van der Waals surface area contributed by atoms with Crippen molar-refractivity contribution in [1.29, 1.82) is 0 Å². The number of halogens is 1. The fourth-order valence-corrected chi connectivity index (χ4v) is 5.18. The van der Waals surface area contributed by atoms with Crippen LogP contribution in [0.15, 0.2) is 76.5 Å². The Hall–Kier alpha value is -2.94. The number of hydrogen-bond donors (Lipinski definition) is 0. The summed E-state index contributed by atoms with van der Waals surface area (Å²) in [6, 6.07) is 17.6. The van der Waals surface area contributed by atoms with E-state index in [1.54, 1.807) is 23.7 Å². The Morgan fingerprint density at radius 1 is 1.03 bits per heavy atom. The van der Waals surface area contributed by atoms with Gasteiger partial charge in [0.1, 0.15) is 28.5 Å². The van der Waals surface area contributed by atoms with Crippen LogP contribution in [0.5, 0.6) is 5.75 Å². The summed E-state index contributed by atoms with van der Waals surface area (Å²) < 4.78 is 7.72. The van der Waals surface area contributed by atoms with Crippen LogP contribution in [-0.2, 0) is 13.7 Å². The third kappa shape index (κ3) is 4.01. The van der Waals surface area contributed by atoms with Crippen molar-refractivity contribution in [1.82, 2.24) is 24.7 Å². The van der Waals surface area contributed by atoms with E-state index < -0.39 is 0 Å². The topological polar surface area (TPSA) is 65.7 Å². The van der Waals surface area contributed by atoms with Gasteiger partial charge in [-0.15, -0.1) is 21.5 Å². The van der Waals surface area contributed by atoms with Gasteiger partial charge in [-0.05, 0) is 29.5 Å². The van der Waals surface area contributed by atoms with E-state index in [0.29, 0.717) is 16.6 Å². The smallest absolute Gasteiger partial charge is 0.197 e. The van der Waals surface area contributed by atoms with Gasteiger partial charge >= 0.3 is 0 Å². The first-order valence-corrected chi connectivity index (χ1v) is 11.5. The Kier molecular flexibility index (Phi) is 5.59. The molecule has 0 atom stereocenters. The zero-order chi connectivity index (χ0) is 21.2. The van der Waals surface area contributed by atoms with Crippen LogP contribution < -0.4 is 4.74 Å². The molecule has 154 valence electrons. The van der Waals surface area contributed by atoms with E-state index in [9.17, 15) is 0 Å². The zero-order valence-corrected chi connectivity index (χ0v) is 18.8. The number of nitrogens with zero attached hydrogens (tertiary/aromatic N) is 5. The molecule has 0 aliphatic heterocycles. The molecule has 0 saturated carbocycles. The molecule has 0 fully saturated rings. The third-order valence-corrected chi connectivity index (χ3v) is 6.97. The van der Waals surface area contributed by atoms with Gasteiger partial charge < -0.3 is 9.30 Å². The van der Waals surface area contributed by atoms with Crippen molar-refractivity contribution < 1.29 is 4.74 Å². The molecular weight excluding hydrogens is 450 g/mol. The van der Waals surface area contributed by atoms with Crippen molar-refractivity contribution >= 4 is 44.9 Å². The van der Waals surface area contributed by atoms with Crippen LogP contribution in [0.2, 0.25) is 5.02 Å². The molecule has 0 bridgehead atoms. The van der Waals surface area contributed by atoms with E-state index in [1.165, 1.54) is 11.8 Å². The van der Waals surface area contributed by atoms with Crippen LogP contribution in [0.4, 0.5) is 0 Å². The average molecular weight is 466 g/mol. The molecular formula is C22H16ClN5OS2. The summed E-state index contributed by atoms with van der Waals surface area (Å²) in [5.41, 5.74) is 2.25. The number of ether oxygens (including phenoxy) is 1. The van der Waals surface area contributed by atoms with Crippen LogP contribution in [0.1, 0.15) is 5.82 Å². The molecule has 0 spiro atoms. The van der Waals surface area contributed by atoms with Crippen molar-refractivity contribution in [2.45, 2.75) is 16.8 Å². The van der Waals surface area contributed by atoms with Gasteiger partial charge in [0.15, 0.2) is 11.0 Å². The van der Waals surface area contributed by atoms with Crippen LogP contribution >= 0.6 is 34.7 Å². The number of para-hydroxylation sites is 1. The second-order valence-corrected chi connectivity index (χ2v) is 8.87. The highest BCUT2D eigenvalue weighted by Gasteiger charge is 2.17. The number of fused-ring (bicyclic) bond motifs is 1. The maximum absolute atomic E-state index is 6.17. The Bertz CT molecular complexity index is 1350. The summed E-state index contributed by atoms with van der Waals surface area (Å²) in [5.74, 6) is 1.31. The molecule has 0 amide bonds. The van der Waals surface area contributed by atoms with Crippen molar-refractivity contribution in [3.8, 4) is 16.9 Å². The lowest BCUT2D eigenvalue weighted by atomic mass is 10.1. The number of rotatable bonds is 6. The van der Waals surface area contributed by atoms with Crippen molar-refractivity contribution in [2.24, 2.45) is 7.05 Å². The van der Waals surface area contributed by atoms with Gasteiger partial charge in [0.05, 0.1) is 10.4 Å². The molecule has 5 rings (SSSR count). The first-order chi connectivity index (χ1) is 15.2. The maximum atomic E-state index is 6.17. The summed E-state index contributed by atoms with van der Waals surface area (Å²) in [7, 11) is 1.91. The molecule has 0 aliphatic carbocycles. The van der Waals surface area contributed by atoms with Gasteiger partial charge in [0, 0.05) is 18.0 Å². The van der Waals surface area contributed by atoms with Gasteiger partial charge in [0.2, 0.25) is 0 Å². The summed E-state index contributed by atoms with van der Waals surface area (Å²) >= 11 is 9.24. The number of thiophene rings is 1. The van der Waals surface area contributed by atoms with E-state index in [4.69, 9.17) is 16.3 Å². The van der Waals surface area contributed by atoms with Gasteiger partial charge in [0.25, 0.3) is 0 Å². The molecule has 0 aliphatic rings. The molecule has 3 aromatic heterocycles. The lowest BCUT2D eigenvalue weighted by molar-refractivity contribution is 0.290. The first kappa shape index (κ1) is 20.0. The first-order valence-electron chi connectivity index (χ1n) is 9.42. The molecule has 31 heavy (non-hydrogen) atoms. The van der Waals surface area contributed by atoms with E-state index in [1.807, 2.05) is 48.0 Å². The highest BCUT2D eigenvalue weighted by atomic mass is 35.5. The van der Waals surface area contributed by atoms with E-state index in [2.05, 4.69) is 37.7 Å². The second kappa shape index (κ2) is 8.66. The highest BCUT2D eigenvalue weighted by molar-refractivity contribution is 7.99. The molecule has 2 aromatic carbocycles. The number of aromatic nitrogens is 5. The minimum Gasteiger partial charge on any atom is -0.484 e. The molecule has 5 aromatic rings. The fraction of sp³-hybridized carbons (Fsp3) is 0.0909. The zero-order valence-electron chi connectivity index (χ0n) is 16.4. The SMILES string of the molecule is Cn1c(COc2ccccc2Cl)nnc1Sc1ncnc2scc(-c3ccccc3)c12. The van der Waals surface area contributed by atoms with E-state index in [0.717, 1.165) is 31.5 Å². The lowest BCUT2D eigenvalue weighted by Crippen LogP contribution is -2.04. The van der Waals surface area contributed by atoms with Gasteiger partial charge in [-0.3, -0.25) is 0 Å². The van der Waals surface area contributed by atoms with Crippen LogP contribution in [-0.4, -0.2) is 24.7 Å². The van der Waals surface area contributed by atoms with Crippen molar-refractivity contribution in [2.75, 3.05) is 0 Å². The predicted molar refractivity (Wildman–Crippen MR) is 124 cm³/mol. The fourth-order valence-electron chi connectivity index (χ4n) is 3.11. The third-order valence-electron chi connectivity index (χ3n) is 4.73. The molecule has 6 nitrogen and oxygen atoms in total. The van der Waals surface area contributed by atoms with Crippen molar-refractivity contribution in [3.05, 3.63) is 77.2 Å². The van der Waals surface area contributed by atoms with Gasteiger partial charge in [-0.1, -0.05) is 54.1 Å². The van der Waals surface area contributed by atoms with Gasteiger partial charge in [-0.2, -0.15) is 0 Å². The minimum atomic E-state index is 0.265. The van der Waals surface area contributed by atoms with Crippen molar-refractivity contribution in [3.63, 3.8) is 0 Å². The molecule has 3 heterocycles. The Labute approximate surface area is 191 Å². The normalized spacial score (nSPS) is 11.2. The summed E-state index contributed by atoms with van der Waals surface area (Å²) in [6.45, 7) is 0.265. The minimum absolute atomic E-state index is 0.265. The van der Waals surface area contributed by atoms with Gasteiger partial charge in [-0.25, -0.2) is 9.97 Å². The molecule has 0 saturated heterocycles. The highest BCUT2D eigenvalue weighted by Crippen LogP contribution is 2.39. The van der Waals surface area contributed by atoms with E-state index >= 15 is 0 Å². The monoisotopic (exact) mass is 465 g/mol. The quantitative estimate of drug-likeness (QED) is 0.292. The van der Waals surface area contributed by atoms with E-state index in [-0.39, 0.29) is 6.61 Å². The largest absolute Gasteiger partial charge is 0.484 e. The number of hydrogen-bond acceptors (Lipinski definition) is 7. The number of benzene rings is 2. The van der Waals surface area contributed by atoms with Crippen LogP contribution in [0, 0.1) is 0 Å². The molecule has 0 N–H and O–H groups in total. The molecule has 9 heteroatoms. The Morgan fingerprint density at radius 3 is 2.68 bits per heavy atom. The van der Waals surface area contributed by atoms with Crippen LogP contribution in [0.3, 0.4) is 0 Å². The second-order valence-electron chi connectivity index (χ2n) is 6.65. The molecule has 0 unspecified atom stereocenters. The summed E-state index contributed by atoms with van der Waals surface area (Å²) in [5, 5.41) is 13.9. The summed E-state index contributed by atoms with van der Waals surface area (Å²) in [4.78, 5) is 9.94. The maximum Gasteiger partial charge on any atom is 0.197 e. The standard InChI is InChI=1S/C22H16ClN5OS2/c1-28-18(11-29-17-10-6-5-9-16(17)23)26-27-22(28)31-21-19-15(14-7-3-2-4-8-14)12-30-20(19)24-13-25-21/h2-10,12-13H,11H2,1H3. The summed E-state index contributed by atoms with van der Waals surface area (Å²) in [6.07, 6.45) is 1.59.